The van der Waals surface area contributed by atoms with E-state index in [1.165, 1.54) is 11.0 Å². The molecular weight excluding hydrogens is 368 g/mol. The van der Waals surface area contributed by atoms with Gasteiger partial charge in [0.2, 0.25) is 5.91 Å². The number of carbonyl (C=O) groups excluding carboxylic acids is 1. The predicted octanol–water partition coefficient (Wildman–Crippen LogP) is 1.43. The molecule has 0 bridgehead atoms. The van der Waals surface area contributed by atoms with Gasteiger partial charge in [0, 0.05) is 0 Å². The van der Waals surface area contributed by atoms with E-state index in [1.54, 1.807) is 50.2 Å². The first kappa shape index (κ1) is 17.2. The Hall–Kier alpha value is -3.27. The second kappa shape index (κ2) is 6.16. The number of tetrazole rings is 1. The number of fused-ring (bicyclic) bond motifs is 1. The summed E-state index contributed by atoms with van der Waals surface area (Å²) in [6.07, 6.45) is 1.44. The number of para-hydroxylation sites is 2. The van der Waals surface area contributed by atoms with Crippen molar-refractivity contribution >= 4 is 27.3 Å². The number of carbonyl (C=O) groups is 1. The van der Waals surface area contributed by atoms with E-state index in [4.69, 9.17) is 0 Å². The lowest BCUT2D eigenvalue weighted by molar-refractivity contribution is -0.115. The van der Waals surface area contributed by atoms with Crippen molar-refractivity contribution in [3.05, 3.63) is 53.9 Å². The van der Waals surface area contributed by atoms with Crippen molar-refractivity contribution in [1.29, 1.82) is 0 Å². The maximum Gasteiger partial charge on any atom is 0.265 e. The van der Waals surface area contributed by atoms with Gasteiger partial charge < -0.3 is 5.32 Å². The number of aromatic nitrogens is 4. The van der Waals surface area contributed by atoms with Crippen LogP contribution in [0.2, 0.25) is 0 Å². The quantitative estimate of drug-likeness (QED) is 0.731. The van der Waals surface area contributed by atoms with Crippen LogP contribution in [0, 0.1) is 13.8 Å². The summed E-state index contributed by atoms with van der Waals surface area (Å²) in [6.45, 7) is 3.15. The van der Waals surface area contributed by atoms with Crippen molar-refractivity contribution in [2.75, 3.05) is 16.2 Å². The molecule has 0 saturated carbocycles. The molecule has 10 heteroatoms. The molecule has 0 fully saturated rings. The molecule has 2 aromatic carbocycles. The molecule has 0 spiro atoms. The van der Waals surface area contributed by atoms with Gasteiger partial charge in [-0.1, -0.05) is 12.1 Å². The van der Waals surface area contributed by atoms with Gasteiger partial charge in [-0.15, -0.1) is 5.10 Å². The van der Waals surface area contributed by atoms with Gasteiger partial charge in [-0.05, 0) is 59.7 Å². The third-order valence-corrected chi connectivity index (χ3v) is 6.41. The molecule has 0 atom stereocenters. The van der Waals surface area contributed by atoms with E-state index in [0.29, 0.717) is 28.2 Å². The molecule has 138 valence electrons. The Bertz CT molecular complexity index is 1120. The zero-order valence-electron chi connectivity index (χ0n) is 14.6. The first-order valence-corrected chi connectivity index (χ1v) is 9.58. The Balaban J connectivity index is 1.85. The fourth-order valence-electron chi connectivity index (χ4n) is 3.27. The summed E-state index contributed by atoms with van der Waals surface area (Å²) in [5.41, 5.74) is 2.66. The minimum Gasteiger partial charge on any atom is -0.323 e. The molecule has 1 aromatic heterocycles. The summed E-state index contributed by atoms with van der Waals surface area (Å²) in [5.74, 6) is -0.377. The summed E-state index contributed by atoms with van der Waals surface area (Å²) < 4.78 is 29.5. The third kappa shape index (κ3) is 2.83. The number of sulfonamides is 1. The van der Waals surface area contributed by atoms with Crippen LogP contribution in [0.5, 0.6) is 0 Å². The Labute approximate surface area is 155 Å². The second-order valence-corrected chi connectivity index (χ2v) is 8.04. The van der Waals surface area contributed by atoms with Crippen LogP contribution in [0.1, 0.15) is 11.1 Å². The van der Waals surface area contributed by atoms with Crippen LogP contribution in [0.15, 0.2) is 47.6 Å². The highest BCUT2D eigenvalue weighted by molar-refractivity contribution is 7.93. The van der Waals surface area contributed by atoms with Gasteiger partial charge in [0.1, 0.15) is 12.9 Å². The summed E-state index contributed by atoms with van der Waals surface area (Å²) >= 11 is 0. The van der Waals surface area contributed by atoms with Gasteiger partial charge in [-0.3, -0.25) is 9.10 Å². The minimum atomic E-state index is -3.94. The number of nitrogens with one attached hydrogen (secondary N) is 1. The van der Waals surface area contributed by atoms with Crippen molar-refractivity contribution in [3.63, 3.8) is 0 Å². The van der Waals surface area contributed by atoms with Crippen molar-refractivity contribution in [3.8, 4) is 5.69 Å². The van der Waals surface area contributed by atoms with Crippen LogP contribution in [0.3, 0.4) is 0 Å². The summed E-state index contributed by atoms with van der Waals surface area (Å²) in [6, 6.07) is 10.2. The fourth-order valence-corrected chi connectivity index (χ4v) is 5.13. The Morgan fingerprint density at radius 3 is 2.48 bits per heavy atom. The predicted molar refractivity (Wildman–Crippen MR) is 98.2 cm³/mol. The van der Waals surface area contributed by atoms with E-state index >= 15 is 0 Å². The Morgan fingerprint density at radius 1 is 1.11 bits per heavy atom. The van der Waals surface area contributed by atoms with Crippen LogP contribution >= 0.6 is 0 Å². The van der Waals surface area contributed by atoms with Gasteiger partial charge in [0.05, 0.1) is 22.0 Å². The molecule has 0 radical (unpaired) electrons. The maximum absolute atomic E-state index is 13.4. The summed E-state index contributed by atoms with van der Waals surface area (Å²) in [5, 5.41) is 13.7. The lowest BCUT2D eigenvalue weighted by Crippen LogP contribution is -2.42. The maximum atomic E-state index is 13.4. The van der Waals surface area contributed by atoms with Gasteiger partial charge in [-0.2, -0.15) is 0 Å². The molecule has 1 aliphatic rings. The molecule has 4 rings (SSSR count). The molecule has 0 saturated heterocycles. The number of amides is 1. The highest BCUT2D eigenvalue weighted by Gasteiger charge is 2.34. The molecule has 1 amide bonds. The minimum absolute atomic E-state index is 0.170. The van der Waals surface area contributed by atoms with Crippen LogP contribution in [-0.4, -0.2) is 41.1 Å². The number of benzene rings is 2. The number of rotatable bonds is 3. The molecular formula is C17H16N6O3S. The van der Waals surface area contributed by atoms with Crippen molar-refractivity contribution in [2.24, 2.45) is 0 Å². The first-order chi connectivity index (χ1) is 12.9. The summed E-state index contributed by atoms with van der Waals surface area (Å²) in [4.78, 5) is 12.2. The van der Waals surface area contributed by atoms with E-state index in [-0.39, 0.29) is 17.3 Å². The van der Waals surface area contributed by atoms with Crippen LogP contribution in [0.25, 0.3) is 5.69 Å². The lowest BCUT2D eigenvalue weighted by atomic mass is 10.1. The highest BCUT2D eigenvalue weighted by atomic mass is 32.2. The second-order valence-electron chi connectivity index (χ2n) is 6.24. The zero-order chi connectivity index (χ0) is 19.2. The largest absolute Gasteiger partial charge is 0.323 e. The molecule has 27 heavy (non-hydrogen) atoms. The van der Waals surface area contributed by atoms with Gasteiger partial charge in [0.15, 0.2) is 0 Å². The molecule has 1 aliphatic heterocycles. The molecule has 2 heterocycles. The van der Waals surface area contributed by atoms with E-state index < -0.39 is 10.0 Å². The molecule has 0 unspecified atom stereocenters. The third-order valence-electron chi connectivity index (χ3n) is 4.34. The Kier molecular flexibility index (Phi) is 3.92. The van der Waals surface area contributed by atoms with Crippen LogP contribution < -0.4 is 9.62 Å². The van der Waals surface area contributed by atoms with Crippen LogP contribution in [-0.2, 0) is 14.8 Å². The normalized spacial score (nSPS) is 14.0. The number of nitrogens with zero attached hydrogens (tertiary/aromatic N) is 5. The lowest BCUT2D eigenvalue weighted by Gasteiger charge is -2.31. The average molecular weight is 384 g/mol. The van der Waals surface area contributed by atoms with Crippen molar-refractivity contribution in [2.45, 2.75) is 18.7 Å². The molecule has 0 aliphatic carbocycles. The van der Waals surface area contributed by atoms with Gasteiger partial charge in [0.25, 0.3) is 10.0 Å². The van der Waals surface area contributed by atoms with E-state index in [2.05, 4.69) is 20.8 Å². The van der Waals surface area contributed by atoms with E-state index in [0.717, 1.165) is 4.31 Å². The Morgan fingerprint density at radius 2 is 1.81 bits per heavy atom. The van der Waals surface area contributed by atoms with Gasteiger partial charge in [-0.25, -0.2) is 13.1 Å². The standard InChI is InChI=1S/C17H16N6O3S/c1-11-7-13(22-10-18-20-21-22)8-12(2)17(11)27(25,26)23-9-16(24)19-14-5-3-4-6-15(14)23/h3-8,10H,9H2,1-2H3,(H,19,24). The molecule has 9 nitrogen and oxygen atoms in total. The molecule has 1 N–H and O–H groups in total. The summed E-state index contributed by atoms with van der Waals surface area (Å²) in [7, 11) is -3.94. The average Bonchev–Trinajstić information content (AvgIpc) is 3.14. The number of anilines is 2. The monoisotopic (exact) mass is 384 g/mol. The SMILES string of the molecule is Cc1cc(-n2cnnn2)cc(C)c1S(=O)(=O)N1CC(=O)Nc2ccccc21. The fraction of sp³-hybridized carbons (Fsp3) is 0.176. The van der Waals surface area contributed by atoms with Crippen molar-refractivity contribution in [1.82, 2.24) is 20.2 Å². The topological polar surface area (TPSA) is 110 Å². The highest BCUT2D eigenvalue weighted by Crippen LogP contribution is 2.35. The number of hydrogen-bond acceptors (Lipinski definition) is 6. The zero-order valence-corrected chi connectivity index (χ0v) is 15.4. The first-order valence-electron chi connectivity index (χ1n) is 8.14. The van der Waals surface area contributed by atoms with E-state index in [1.807, 2.05) is 0 Å². The van der Waals surface area contributed by atoms with Gasteiger partial charge >= 0.3 is 0 Å². The van der Waals surface area contributed by atoms with E-state index in [9.17, 15) is 13.2 Å². The number of aryl methyl sites for hydroxylation is 2. The van der Waals surface area contributed by atoms with Crippen LogP contribution in [0.4, 0.5) is 11.4 Å². The van der Waals surface area contributed by atoms with Crippen molar-refractivity contribution < 1.29 is 13.2 Å². The smallest absolute Gasteiger partial charge is 0.265 e. The number of hydrogen-bond donors (Lipinski definition) is 1. The molecule has 3 aromatic rings.